The van der Waals surface area contributed by atoms with Crippen LogP contribution >= 0.6 is 0 Å². The second-order valence-electron chi connectivity index (χ2n) is 3.20. The third kappa shape index (κ3) is 1.79. The lowest BCUT2D eigenvalue weighted by molar-refractivity contribution is 0.377. The van der Waals surface area contributed by atoms with Gasteiger partial charge >= 0.3 is 0 Å². The van der Waals surface area contributed by atoms with Crippen molar-refractivity contribution in [2.75, 3.05) is 0 Å². The zero-order chi connectivity index (χ0) is 8.43. The summed E-state index contributed by atoms with van der Waals surface area (Å²) in [5.74, 6) is 2.41. The molecule has 0 aliphatic rings. The van der Waals surface area contributed by atoms with Gasteiger partial charge in [-0.15, -0.1) is 0 Å². The summed E-state index contributed by atoms with van der Waals surface area (Å²) in [4.78, 5) is 4.15. The lowest BCUT2D eigenvalue weighted by Crippen LogP contribution is -2.03. The van der Waals surface area contributed by atoms with Gasteiger partial charge < -0.3 is 4.52 Å². The molecule has 0 aliphatic heterocycles. The fourth-order valence-corrected chi connectivity index (χ4v) is 0.798. The first kappa shape index (κ1) is 8.24. The van der Waals surface area contributed by atoms with Crippen LogP contribution < -0.4 is 0 Å². The zero-order valence-electron chi connectivity index (χ0n) is 7.46. The number of rotatable bonds is 2. The molecule has 0 spiro atoms. The number of hydrogen-bond donors (Lipinski definition) is 0. The maximum Gasteiger partial charge on any atom is 0.223 e. The Kier molecular flexibility index (Phi) is 2.27. The summed E-state index contributed by atoms with van der Waals surface area (Å²) in [5.41, 5.74) is 0. The lowest BCUT2D eigenvalue weighted by atomic mass is 9.98. The Morgan fingerprint density at radius 3 is 2.27 bits per heavy atom. The van der Waals surface area contributed by atoms with Gasteiger partial charge in [0.1, 0.15) is 0 Å². The van der Waals surface area contributed by atoms with Crippen LogP contribution in [-0.4, -0.2) is 10.1 Å². The van der Waals surface area contributed by atoms with Crippen molar-refractivity contribution in [3.05, 3.63) is 11.7 Å². The molecule has 1 heterocycles. The average Bonchev–Trinajstić information content (AvgIpc) is 2.34. The van der Waals surface area contributed by atoms with Gasteiger partial charge in [0.2, 0.25) is 5.89 Å². The average molecular weight is 154 g/mol. The Balaban J connectivity index is 2.76. The summed E-state index contributed by atoms with van der Waals surface area (Å²) in [6.07, 6.45) is 0. The molecular formula is C8H14N2O. The minimum Gasteiger partial charge on any atom is -0.340 e. The number of hydrogen-bond acceptors (Lipinski definition) is 3. The van der Waals surface area contributed by atoms with Crippen molar-refractivity contribution in [2.45, 2.75) is 33.6 Å². The smallest absolute Gasteiger partial charge is 0.223 e. The van der Waals surface area contributed by atoms with Crippen LogP contribution in [0.2, 0.25) is 0 Å². The standard InChI is InChI=1S/C8H14N2O/c1-5(2)6(3)8-9-7(4)11-10-8/h5-6H,1-4H3/t6-/m0/s1. The second kappa shape index (κ2) is 3.03. The highest BCUT2D eigenvalue weighted by molar-refractivity contribution is 4.93. The van der Waals surface area contributed by atoms with E-state index in [4.69, 9.17) is 4.52 Å². The van der Waals surface area contributed by atoms with E-state index in [1.807, 2.05) is 6.92 Å². The van der Waals surface area contributed by atoms with E-state index in [1.54, 1.807) is 0 Å². The molecule has 0 N–H and O–H groups in total. The molecule has 0 unspecified atom stereocenters. The highest BCUT2D eigenvalue weighted by atomic mass is 16.5. The van der Waals surface area contributed by atoms with E-state index >= 15 is 0 Å². The summed E-state index contributed by atoms with van der Waals surface area (Å²) in [6.45, 7) is 8.21. The van der Waals surface area contributed by atoms with Crippen molar-refractivity contribution in [1.82, 2.24) is 10.1 Å². The normalized spacial score (nSPS) is 13.9. The molecule has 0 saturated carbocycles. The van der Waals surface area contributed by atoms with E-state index in [-0.39, 0.29) is 0 Å². The minimum atomic E-state index is 0.382. The van der Waals surface area contributed by atoms with Gasteiger partial charge in [-0.1, -0.05) is 25.9 Å². The van der Waals surface area contributed by atoms with E-state index < -0.39 is 0 Å². The predicted molar refractivity (Wildman–Crippen MR) is 42.3 cm³/mol. The van der Waals surface area contributed by atoms with Crippen molar-refractivity contribution in [2.24, 2.45) is 5.92 Å². The molecule has 0 fully saturated rings. The molecule has 1 aromatic rings. The van der Waals surface area contributed by atoms with E-state index in [9.17, 15) is 0 Å². The van der Waals surface area contributed by atoms with Crippen molar-refractivity contribution in [3.63, 3.8) is 0 Å². The summed E-state index contributed by atoms with van der Waals surface area (Å²) in [7, 11) is 0. The van der Waals surface area contributed by atoms with Crippen LogP contribution in [0.25, 0.3) is 0 Å². The fraction of sp³-hybridized carbons (Fsp3) is 0.750. The number of nitrogens with zero attached hydrogens (tertiary/aromatic N) is 2. The van der Waals surface area contributed by atoms with Crippen molar-refractivity contribution >= 4 is 0 Å². The number of aromatic nitrogens is 2. The third-order valence-corrected chi connectivity index (χ3v) is 1.95. The molecule has 0 amide bonds. The molecular weight excluding hydrogens is 140 g/mol. The van der Waals surface area contributed by atoms with Gasteiger partial charge in [0.25, 0.3) is 0 Å². The summed E-state index contributed by atoms with van der Waals surface area (Å²) >= 11 is 0. The molecule has 0 bridgehead atoms. The van der Waals surface area contributed by atoms with Gasteiger partial charge in [-0.3, -0.25) is 0 Å². The van der Waals surface area contributed by atoms with Crippen molar-refractivity contribution < 1.29 is 4.52 Å². The predicted octanol–water partition coefficient (Wildman–Crippen LogP) is 2.14. The highest BCUT2D eigenvalue weighted by Gasteiger charge is 2.14. The third-order valence-electron chi connectivity index (χ3n) is 1.95. The van der Waals surface area contributed by atoms with Crippen LogP contribution in [0.15, 0.2) is 4.52 Å². The molecule has 1 atom stereocenters. The van der Waals surface area contributed by atoms with Crippen LogP contribution in [-0.2, 0) is 0 Å². The quantitative estimate of drug-likeness (QED) is 0.655. The van der Waals surface area contributed by atoms with Gasteiger partial charge in [-0.25, -0.2) is 0 Å². The maximum absolute atomic E-state index is 4.87. The molecule has 3 heteroatoms. The Morgan fingerprint density at radius 2 is 1.91 bits per heavy atom. The Bertz CT molecular complexity index is 230. The molecule has 0 aliphatic carbocycles. The van der Waals surface area contributed by atoms with Gasteiger partial charge in [-0.05, 0) is 5.92 Å². The van der Waals surface area contributed by atoms with Gasteiger partial charge in [0, 0.05) is 12.8 Å². The molecule has 1 rings (SSSR count). The first-order chi connectivity index (χ1) is 5.11. The monoisotopic (exact) mass is 154 g/mol. The van der Waals surface area contributed by atoms with Crippen LogP contribution in [0.3, 0.4) is 0 Å². The fourth-order valence-electron chi connectivity index (χ4n) is 0.798. The molecule has 0 saturated heterocycles. The van der Waals surface area contributed by atoms with Crippen LogP contribution in [0.1, 0.15) is 38.4 Å². The summed E-state index contributed by atoms with van der Waals surface area (Å²) in [6, 6.07) is 0. The Morgan fingerprint density at radius 1 is 1.27 bits per heavy atom. The van der Waals surface area contributed by atoms with Crippen LogP contribution in [0.4, 0.5) is 0 Å². The minimum absolute atomic E-state index is 0.382. The summed E-state index contributed by atoms with van der Waals surface area (Å²) < 4.78 is 4.87. The van der Waals surface area contributed by atoms with Crippen molar-refractivity contribution in [1.29, 1.82) is 0 Å². The molecule has 11 heavy (non-hydrogen) atoms. The first-order valence-corrected chi connectivity index (χ1v) is 3.91. The molecule has 62 valence electrons. The summed E-state index contributed by atoms with van der Waals surface area (Å²) in [5, 5.41) is 3.85. The first-order valence-electron chi connectivity index (χ1n) is 3.91. The van der Waals surface area contributed by atoms with Gasteiger partial charge in [0.15, 0.2) is 5.82 Å². The van der Waals surface area contributed by atoms with Gasteiger partial charge in [0.05, 0.1) is 0 Å². The molecule has 1 aromatic heterocycles. The zero-order valence-corrected chi connectivity index (χ0v) is 7.46. The van der Waals surface area contributed by atoms with Crippen LogP contribution in [0.5, 0.6) is 0 Å². The lowest BCUT2D eigenvalue weighted by Gasteiger charge is -2.09. The topological polar surface area (TPSA) is 38.9 Å². The second-order valence-corrected chi connectivity index (χ2v) is 3.20. The molecule has 0 aromatic carbocycles. The van der Waals surface area contributed by atoms with E-state index in [0.717, 1.165) is 5.82 Å². The maximum atomic E-state index is 4.87. The van der Waals surface area contributed by atoms with E-state index in [1.165, 1.54) is 0 Å². The van der Waals surface area contributed by atoms with Crippen molar-refractivity contribution in [3.8, 4) is 0 Å². The number of aryl methyl sites for hydroxylation is 1. The largest absolute Gasteiger partial charge is 0.340 e. The molecule has 0 radical (unpaired) electrons. The molecule has 3 nitrogen and oxygen atoms in total. The Labute approximate surface area is 66.8 Å². The van der Waals surface area contributed by atoms with E-state index in [0.29, 0.717) is 17.7 Å². The van der Waals surface area contributed by atoms with E-state index in [2.05, 4.69) is 30.9 Å². The Hall–Kier alpha value is -0.860. The van der Waals surface area contributed by atoms with Crippen LogP contribution in [0, 0.1) is 12.8 Å². The highest BCUT2D eigenvalue weighted by Crippen LogP contribution is 2.19. The van der Waals surface area contributed by atoms with Gasteiger partial charge in [-0.2, -0.15) is 4.98 Å². The SMILES string of the molecule is Cc1nc([C@@H](C)C(C)C)no1.